The van der Waals surface area contributed by atoms with E-state index in [9.17, 15) is 0 Å². The van der Waals surface area contributed by atoms with E-state index in [-0.39, 0.29) is 0 Å². The normalized spacial score (nSPS) is 10.4. The molecule has 0 atom stereocenters. The summed E-state index contributed by atoms with van der Waals surface area (Å²) < 4.78 is 0. The summed E-state index contributed by atoms with van der Waals surface area (Å²) in [5, 5.41) is 3.74. The summed E-state index contributed by atoms with van der Waals surface area (Å²) in [5.41, 5.74) is 0. The summed E-state index contributed by atoms with van der Waals surface area (Å²) >= 11 is -0.478. The van der Waals surface area contributed by atoms with Crippen LogP contribution >= 0.6 is 29.0 Å². The van der Waals surface area contributed by atoms with Crippen LogP contribution in [0.1, 0.15) is 13.3 Å². The van der Waals surface area contributed by atoms with Crippen LogP contribution in [0, 0.1) is 0 Å². The van der Waals surface area contributed by atoms with Crippen LogP contribution in [0.5, 0.6) is 0 Å². The van der Waals surface area contributed by atoms with Crippen molar-refractivity contribution < 1.29 is 11.6 Å². The van der Waals surface area contributed by atoms with E-state index in [2.05, 4.69) is 67.6 Å². The summed E-state index contributed by atoms with van der Waals surface area (Å²) in [6, 6.07) is 21.2. The third-order valence-electron chi connectivity index (χ3n) is 2.11. The van der Waals surface area contributed by atoms with Crippen LogP contribution in [-0.4, -0.2) is 0 Å². The van der Waals surface area contributed by atoms with Gasteiger partial charge in [0, 0.05) is 0 Å². The predicted molar refractivity (Wildman–Crippen MR) is 87.3 cm³/mol. The standard InChI is InChI=1S/C12H11P.C3H7.2ClH.Ni/c1-3-7-11(8-4-1)13-12-9-5-2-6-10-12;1-3-2;;;/h1-10,13H;1,3H2,2H3;2*1H;/q;;;;+2/p-2. The van der Waals surface area contributed by atoms with E-state index in [0.717, 1.165) is 20.4 Å². The Morgan fingerprint density at radius 2 is 1.26 bits per heavy atom. The van der Waals surface area contributed by atoms with Gasteiger partial charge in [-0.1, -0.05) is 69.2 Å². The van der Waals surface area contributed by atoms with Crippen LogP contribution in [0.15, 0.2) is 60.7 Å². The van der Waals surface area contributed by atoms with E-state index in [4.69, 9.17) is 20.4 Å². The number of hydrogen-bond acceptors (Lipinski definition) is 0. The molecule has 4 heteroatoms. The van der Waals surface area contributed by atoms with Crippen molar-refractivity contribution in [2.24, 2.45) is 0 Å². The number of halogens is 2. The van der Waals surface area contributed by atoms with Crippen LogP contribution in [0.2, 0.25) is 5.39 Å². The Bertz CT molecular complexity index is 397. The molecule has 2 aromatic rings. The molecule has 0 saturated carbocycles. The monoisotopic (exact) mass is 357 g/mol. The van der Waals surface area contributed by atoms with Gasteiger partial charge in [0.1, 0.15) is 0 Å². The third kappa shape index (κ3) is 8.66. The molecule has 2 aromatic carbocycles. The first kappa shape index (κ1) is 17.0. The van der Waals surface area contributed by atoms with Crippen LogP contribution in [0.25, 0.3) is 0 Å². The Hall–Kier alpha value is -0.0565. The Balaban J connectivity index is 0.000000258. The topological polar surface area (TPSA) is 0 Å². The molecule has 0 unspecified atom stereocenters. The maximum atomic E-state index is 5.38. The molecule has 0 aliphatic carbocycles. The van der Waals surface area contributed by atoms with E-state index in [1.54, 1.807) is 0 Å². The van der Waals surface area contributed by atoms with Gasteiger partial charge in [0.25, 0.3) is 0 Å². The molecule has 19 heavy (non-hydrogen) atoms. The first-order valence-electron chi connectivity index (χ1n) is 5.99. The van der Waals surface area contributed by atoms with Crippen molar-refractivity contribution in [2.75, 3.05) is 0 Å². The van der Waals surface area contributed by atoms with Crippen molar-refractivity contribution >= 4 is 39.6 Å². The molecule has 0 radical (unpaired) electrons. The minimum atomic E-state index is -0.478. The van der Waals surface area contributed by atoms with Gasteiger partial charge in [0.05, 0.1) is 0 Å². The van der Waals surface area contributed by atoms with E-state index < -0.39 is 11.6 Å². The minimum absolute atomic E-state index is 0.478. The largest absolute Gasteiger partial charge is 0.0622 e. The summed E-state index contributed by atoms with van der Waals surface area (Å²) in [6.07, 6.45) is 1.09. The zero-order chi connectivity index (χ0) is 13.9. The second kappa shape index (κ2) is 10.7. The molecular weight excluding hydrogens is 341 g/mol. The van der Waals surface area contributed by atoms with Gasteiger partial charge in [0.2, 0.25) is 0 Å². The molecule has 0 saturated heterocycles. The summed E-state index contributed by atoms with van der Waals surface area (Å²) in [4.78, 5) is 0. The van der Waals surface area contributed by atoms with E-state index >= 15 is 0 Å². The fraction of sp³-hybridized carbons (Fsp3) is 0.200. The van der Waals surface area contributed by atoms with Crippen LogP contribution < -0.4 is 10.6 Å². The van der Waals surface area contributed by atoms with Crippen molar-refractivity contribution in [3.63, 3.8) is 0 Å². The van der Waals surface area contributed by atoms with E-state index in [1.165, 1.54) is 10.6 Å². The van der Waals surface area contributed by atoms with Gasteiger partial charge in [-0.15, -0.1) is 0 Å². The molecule has 0 heterocycles. The number of benzene rings is 2. The maximum Gasteiger partial charge on any atom is -0.0226 e. The SMILES string of the molecule is CC[CH2][Ni]([Cl])[Cl].c1ccc(Pc2ccccc2)cc1. The summed E-state index contributed by atoms with van der Waals surface area (Å²) in [7, 11) is 11.5. The Morgan fingerprint density at radius 3 is 1.53 bits per heavy atom. The Labute approximate surface area is 130 Å². The molecule has 0 aliphatic heterocycles. The fourth-order valence-electron chi connectivity index (χ4n) is 1.33. The van der Waals surface area contributed by atoms with Crippen LogP contribution in [-0.2, 0) is 11.6 Å². The molecule has 0 N–H and O–H groups in total. The summed E-state index contributed by atoms with van der Waals surface area (Å²) in [6.45, 7) is 2.06. The molecular formula is C15H18Cl2NiP. The first-order chi connectivity index (χ1) is 9.22. The maximum absolute atomic E-state index is 5.38. The molecule has 0 amide bonds. The van der Waals surface area contributed by atoms with Crippen LogP contribution in [0.3, 0.4) is 0 Å². The van der Waals surface area contributed by atoms with E-state index in [1.807, 2.05) is 0 Å². The van der Waals surface area contributed by atoms with Crippen molar-refractivity contribution in [2.45, 2.75) is 18.7 Å². The second-order valence-corrected chi connectivity index (χ2v) is 9.18. The van der Waals surface area contributed by atoms with Gasteiger partial charge in [-0.05, 0) is 10.6 Å². The molecule has 0 fully saturated rings. The Morgan fingerprint density at radius 1 is 0.842 bits per heavy atom. The fourth-order valence-corrected chi connectivity index (χ4v) is 3.74. The Kier molecular flexibility index (Phi) is 9.57. The molecule has 0 aliphatic rings. The van der Waals surface area contributed by atoms with Gasteiger partial charge in [-0.25, -0.2) is 0 Å². The molecule has 107 valence electrons. The molecule has 0 aromatic heterocycles. The molecule has 0 spiro atoms. The average Bonchev–Trinajstić information content (AvgIpc) is 2.41. The van der Waals surface area contributed by atoms with Crippen LogP contribution in [0.4, 0.5) is 0 Å². The van der Waals surface area contributed by atoms with Crippen molar-refractivity contribution in [1.82, 2.24) is 0 Å². The molecule has 2 rings (SSSR count). The zero-order valence-corrected chi connectivity index (χ0v) is 14.3. The van der Waals surface area contributed by atoms with Gasteiger partial charge >= 0.3 is 50.8 Å². The first-order valence-corrected chi connectivity index (χ1v) is 10.4. The smallest absolute Gasteiger partial charge is 0.0226 e. The average molecular weight is 359 g/mol. The predicted octanol–water partition coefficient (Wildman–Crippen LogP) is 5.06. The molecule has 0 bridgehead atoms. The minimum Gasteiger partial charge on any atom is -0.0622 e. The molecule has 0 nitrogen and oxygen atoms in total. The van der Waals surface area contributed by atoms with Gasteiger partial charge in [-0.3, -0.25) is 0 Å². The van der Waals surface area contributed by atoms with Gasteiger partial charge in [0.15, 0.2) is 0 Å². The summed E-state index contributed by atoms with van der Waals surface area (Å²) in [5.74, 6) is 0. The third-order valence-corrected chi connectivity index (χ3v) is 5.21. The number of hydrogen-bond donors (Lipinski definition) is 0. The van der Waals surface area contributed by atoms with Gasteiger partial charge in [-0.2, -0.15) is 0 Å². The van der Waals surface area contributed by atoms with Crippen molar-refractivity contribution in [1.29, 1.82) is 0 Å². The van der Waals surface area contributed by atoms with Crippen molar-refractivity contribution in [3.8, 4) is 0 Å². The number of rotatable bonds is 4. The van der Waals surface area contributed by atoms with Crippen molar-refractivity contribution in [3.05, 3.63) is 60.7 Å². The van der Waals surface area contributed by atoms with Gasteiger partial charge < -0.3 is 0 Å². The second-order valence-electron chi connectivity index (χ2n) is 3.73. The quantitative estimate of drug-likeness (QED) is 0.529. The zero-order valence-electron chi connectivity index (χ0n) is 10.8. The van der Waals surface area contributed by atoms with E-state index in [0.29, 0.717) is 0 Å².